The summed E-state index contributed by atoms with van der Waals surface area (Å²) in [5, 5.41) is 4.39. The molecular weight excluding hydrogens is 368 g/mol. The minimum atomic E-state index is -3.64. The molecule has 0 aliphatic rings. The fourth-order valence-corrected chi connectivity index (χ4v) is 3.21. The maximum Gasteiger partial charge on any atom is 0.240 e. The molecule has 0 aliphatic heterocycles. The first-order valence-electron chi connectivity index (χ1n) is 5.52. The number of sulfonamides is 1. The van der Waals surface area contributed by atoms with Gasteiger partial charge in [0.05, 0.1) is 16.1 Å². The summed E-state index contributed by atoms with van der Waals surface area (Å²) in [6.45, 7) is 0.0717. The van der Waals surface area contributed by atoms with Crippen LogP contribution in [0.3, 0.4) is 0 Å². The third-order valence-electron chi connectivity index (χ3n) is 2.72. The second-order valence-electron chi connectivity index (χ2n) is 4.08. The fourth-order valence-electron chi connectivity index (χ4n) is 1.53. The summed E-state index contributed by atoms with van der Waals surface area (Å²) >= 11 is 9.03. The molecule has 1 aromatic heterocycles. The number of benzene rings is 1. The number of nitrogen functional groups attached to an aromatic ring is 1. The van der Waals surface area contributed by atoms with E-state index in [4.69, 9.17) is 17.3 Å². The molecule has 2 rings (SSSR count). The predicted octanol–water partition coefficient (Wildman–Crippen LogP) is 1.90. The molecule has 9 heteroatoms. The molecule has 0 bridgehead atoms. The summed E-state index contributed by atoms with van der Waals surface area (Å²) in [6.07, 6.45) is 1.52. The van der Waals surface area contributed by atoms with Crippen molar-refractivity contribution in [2.45, 2.75) is 11.4 Å². The summed E-state index contributed by atoms with van der Waals surface area (Å²) in [4.78, 5) is 0.122. The van der Waals surface area contributed by atoms with E-state index in [1.165, 1.54) is 29.1 Å². The third-order valence-corrected chi connectivity index (χ3v) is 5.33. The van der Waals surface area contributed by atoms with Crippen molar-refractivity contribution >= 4 is 43.4 Å². The van der Waals surface area contributed by atoms with Crippen LogP contribution in [-0.4, -0.2) is 18.2 Å². The molecule has 0 spiro atoms. The van der Waals surface area contributed by atoms with Crippen LogP contribution >= 0.6 is 27.5 Å². The molecule has 3 N–H and O–H groups in total. The summed E-state index contributed by atoms with van der Waals surface area (Å²) < 4.78 is 28.7. The van der Waals surface area contributed by atoms with Crippen molar-refractivity contribution in [3.05, 3.63) is 39.5 Å². The second-order valence-corrected chi connectivity index (χ2v) is 7.11. The zero-order valence-electron chi connectivity index (χ0n) is 10.5. The van der Waals surface area contributed by atoms with Crippen LogP contribution in [0.1, 0.15) is 5.56 Å². The highest BCUT2D eigenvalue weighted by Crippen LogP contribution is 2.25. The normalized spacial score (nSPS) is 11.8. The van der Waals surface area contributed by atoms with Crippen LogP contribution in [0.15, 0.2) is 33.8 Å². The molecule has 108 valence electrons. The molecule has 2 aromatic rings. The van der Waals surface area contributed by atoms with Gasteiger partial charge in [0.2, 0.25) is 10.0 Å². The van der Waals surface area contributed by atoms with E-state index in [2.05, 4.69) is 25.8 Å². The summed E-state index contributed by atoms with van der Waals surface area (Å²) in [5.41, 5.74) is 6.37. The van der Waals surface area contributed by atoms with Gasteiger partial charge in [-0.15, -0.1) is 0 Å². The van der Waals surface area contributed by atoms with Crippen LogP contribution in [-0.2, 0) is 23.6 Å². The van der Waals surface area contributed by atoms with Crippen LogP contribution in [0, 0.1) is 0 Å². The number of rotatable bonds is 4. The molecule has 0 amide bonds. The number of anilines is 1. The highest BCUT2D eigenvalue weighted by atomic mass is 79.9. The highest BCUT2D eigenvalue weighted by Gasteiger charge is 2.16. The highest BCUT2D eigenvalue weighted by molar-refractivity contribution is 9.10. The van der Waals surface area contributed by atoms with Gasteiger partial charge in [0.15, 0.2) is 0 Å². The van der Waals surface area contributed by atoms with Crippen LogP contribution in [0.5, 0.6) is 0 Å². The smallest absolute Gasteiger partial charge is 0.240 e. The molecular formula is C11H12BrClN4O2S. The lowest BCUT2D eigenvalue weighted by molar-refractivity contribution is 0.581. The van der Waals surface area contributed by atoms with Crippen LogP contribution in [0.4, 0.5) is 5.82 Å². The molecule has 0 fully saturated rings. The standard InChI is InChI=1S/C11H12BrClN4O2S/c1-17-11(14)7(5-15-17)6-16-20(18,19)8-2-3-10(13)9(12)4-8/h2-5,16H,6,14H2,1H3. The molecule has 0 atom stereocenters. The minimum absolute atomic E-state index is 0.0717. The van der Waals surface area contributed by atoms with Gasteiger partial charge in [0.1, 0.15) is 5.82 Å². The second kappa shape index (κ2) is 5.72. The van der Waals surface area contributed by atoms with E-state index in [1.807, 2.05) is 0 Å². The Bertz CT molecular complexity index is 745. The quantitative estimate of drug-likeness (QED) is 0.849. The van der Waals surface area contributed by atoms with Crippen LogP contribution in [0.2, 0.25) is 5.02 Å². The molecule has 1 heterocycles. The molecule has 6 nitrogen and oxygen atoms in total. The van der Waals surface area contributed by atoms with E-state index >= 15 is 0 Å². The van der Waals surface area contributed by atoms with Crippen LogP contribution < -0.4 is 10.5 Å². The summed E-state index contributed by atoms with van der Waals surface area (Å²) in [5.74, 6) is 0.421. The minimum Gasteiger partial charge on any atom is -0.384 e. The van der Waals surface area contributed by atoms with Gasteiger partial charge < -0.3 is 5.73 Å². The number of halogens is 2. The SMILES string of the molecule is Cn1ncc(CNS(=O)(=O)c2ccc(Cl)c(Br)c2)c1N. The lowest BCUT2D eigenvalue weighted by Crippen LogP contribution is -2.23. The number of nitrogens with zero attached hydrogens (tertiary/aromatic N) is 2. The van der Waals surface area contributed by atoms with Crippen molar-refractivity contribution in [2.24, 2.45) is 7.05 Å². The Kier molecular flexibility index (Phi) is 4.38. The lowest BCUT2D eigenvalue weighted by Gasteiger charge is -2.07. The van der Waals surface area contributed by atoms with Gasteiger partial charge in [0.25, 0.3) is 0 Å². The zero-order valence-corrected chi connectivity index (χ0v) is 13.6. The largest absolute Gasteiger partial charge is 0.384 e. The number of nitrogens with two attached hydrogens (primary N) is 1. The Morgan fingerprint density at radius 2 is 2.20 bits per heavy atom. The zero-order chi connectivity index (χ0) is 14.9. The fraction of sp³-hybridized carbons (Fsp3) is 0.182. The van der Waals surface area contributed by atoms with Gasteiger partial charge in [-0.1, -0.05) is 11.6 Å². The first kappa shape index (κ1) is 15.3. The average molecular weight is 380 g/mol. The van der Waals surface area contributed by atoms with Crippen molar-refractivity contribution in [3.63, 3.8) is 0 Å². The Hall–Kier alpha value is -1.09. The van der Waals surface area contributed by atoms with Crippen molar-refractivity contribution in [2.75, 3.05) is 5.73 Å². The Labute approximate surface area is 130 Å². The van der Waals surface area contributed by atoms with Gasteiger partial charge in [0, 0.05) is 23.6 Å². The summed E-state index contributed by atoms with van der Waals surface area (Å²) in [7, 11) is -1.95. The summed E-state index contributed by atoms with van der Waals surface area (Å²) in [6, 6.07) is 4.39. The van der Waals surface area contributed by atoms with E-state index in [0.29, 0.717) is 20.9 Å². The van der Waals surface area contributed by atoms with Gasteiger partial charge in [-0.2, -0.15) is 5.10 Å². The van der Waals surface area contributed by atoms with Crippen molar-refractivity contribution in [1.82, 2.24) is 14.5 Å². The number of aryl methyl sites for hydroxylation is 1. The first-order chi connectivity index (χ1) is 9.31. The predicted molar refractivity (Wildman–Crippen MR) is 80.8 cm³/mol. The van der Waals surface area contributed by atoms with E-state index in [-0.39, 0.29) is 11.4 Å². The number of nitrogens with one attached hydrogen (secondary N) is 1. The Morgan fingerprint density at radius 3 is 2.75 bits per heavy atom. The average Bonchev–Trinajstić information content (AvgIpc) is 2.71. The van der Waals surface area contributed by atoms with E-state index < -0.39 is 10.0 Å². The number of hydrogen-bond acceptors (Lipinski definition) is 4. The van der Waals surface area contributed by atoms with Gasteiger partial charge in [-0.25, -0.2) is 13.1 Å². The van der Waals surface area contributed by atoms with Gasteiger partial charge in [-0.3, -0.25) is 4.68 Å². The molecule has 1 aromatic carbocycles. The third kappa shape index (κ3) is 3.14. The number of hydrogen-bond donors (Lipinski definition) is 2. The molecule has 0 radical (unpaired) electrons. The van der Waals surface area contributed by atoms with E-state index in [9.17, 15) is 8.42 Å². The molecule has 0 saturated heterocycles. The lowest BCUT2D eigenvalue weighted by atomic mass is 10.3. The van der Waals surface area contributed by atoms with Gasteiger partial charge >= 0.3 is 0 Å². The van der Waals surface area contributed by atoms with E-state index in [0.717, 1.165) is 0 Å². The Balaban J connectivity index is 2.19. The molecule has 0 aliphatic carbocycles. The number of aromatic nitrogens is 2. The molecule has 20 heavy (non-hydrogen) atoms. The monoisotopic (exact) mass is 378 g/mol. The van der Waals surface area contributed by atoms with E-state index in [1.54, 1.807) is 7.05 Å². The topological polar surface area (TPSA) is 90.0 Å². The first-order valence-corrected chi connectivity index (χ1v) is 8.18. The van der Waals surface area contributed by atoms with Crippen molar-refractivity contribution in [3.8, 4) is 0 Å². The molecule has 0 saturated carbocycles. The van der Waals surface area contributed by atoms with Crippen LogP contribution in [0.25, 0.3) is 0 Å². The van der Waals surface area contributed by atoms with Crippen molar-refractivity contribution < 1.29 is 8.42 Å². The maximum absolute atomic E-state index is 12.1. The van der Waals surface area contributed by atoms with Crippen molar-refractivity contribution in [1.29, 1.82) is 0 Å². The molecule has 0 unspecified atom stereocenters. The van der Waals surface area contributed by atoms with Gasteiger partial charge in [-0.05, 0) is 34.1 Å². The maximum atomic E-state index is 12.1. The Morgan fingerprint density at radius 1 is 1.50 bits per heavy atom.